The van der Waals surface area contributed by atoms with Crippen LogP contribution in [0.4, 0.5) is 4.39 Å². The Hall–Kier alpha value is -2.44. The number of nitrogens with zero attached hydrogens (tertiary/aromatic N) is 4. The van der Waals surface area contributed by atoms with Crippen molar-refractivity contribution in [2.75, 3.05) is 33.3 Å². The van der Waals surface area contributed by atoms with Gasteiger partial charge in [-0.3, -0.25) is 0 Å². The summed E-state index contributed by atoms with van der Waals surface area (Å²) in [6.07, 6.45) is 9.28. The average molecular weight is 465 g/mol. The number of methoxy groups -OCH3 is 1. The lowest BCUT2D eigenvalue weighted by atomic mass is 9.88. The van der Waals surface area contributed by atoms with Crippen LogP contribution in [0, 0.1) is 12.7 Å². The van der Waals surface area contributed by atoms with Gasteiger partial charge in [-0.2, -0.15) is 0 Å². The molecule has 0 bridgehead atoms. The van der Waals surface area contributed by atoms with Crippen molar-refractivity contribution < 1.29 is 9.13 Å². The number of rotatable bonds is 5. The van der Waals surface area contributed by atoms with E-state index < -0.39 is 0 Å². The van der Waals surface area contributed by atoms with Gasteiger partial charge in [-0.25, -0.2) is 9.37 Å². The standard InChI is InChI=1S/C28H37FN4O/c1-19(2)31-13-9-24(10-14-31)32-11-7-21(8-12-32)23-15-20(3)28-30-26(18-33(28)17-23)22-5-6-27(34-4)25(29)16-22/h5-6,15-19,21,24H,7-14H2,1-4H3. The SMILES string of the molecule is COc1ccc(-c2cn3cc(C4CCN(C5CCN(C(C)C)CC5)CC4)cc(C)c3n2)cc1F. The minimum atomic E-state index is -0.365. The van der Waals surface area contributed by atoms with Crippen LogP contribution in [0.5, 0.6) is 5.75 Å². The van der Waals surface area contributed by atoms with Gasteiger partial charge in [-0.05, 0) is 108 Å². The predicted molar refractivity (Wildman–Crippen MR) is 135 cm³/mol. The third-order valence-electron chi connectivity index (χ3n) is 7.95. The second kappa shape index (κ2) is 9.67. The topological polar surface area (TPSA) is 33.0 Å². The summed E-state index contributed by atoms with van der Waals surface area (Å²) >= 11 is 0. The summed E-state index contributed by atoms with van der Waals surface area (Å²) in [5, 5.41) is 0. The molecule has 2 aliphatic rings. The van der Waals surface area contributed by atoms with E-state index in [1.807, 2.05) is 12.3 Å². The third kappa shape index (κ3) is 4.58. The Morgan fingerprint density at radius 3 is 2.38 bits per heavy atom. The zero-order valence-electron chi connectivity index (χ0n) is 20.9. The van der Waals surface area contributed by atoms with Gasteiger partial charge in [0, 0.05) is 30.0 Å². The summed E-state index contributed by atoms with van der Waals surface area (Å²) in [7, 11) is 1.48. The number of aromatic nitrogens is 2. The Labute approximate surface area is 202 Å². The second-order valence-electron chi connectivity index (χ2n) is 10.3. The molecule has 0 N–H and O–H groups in total. The molecule has 0 amide bonds. The molecule has 0 aliphatic carbocycles. The lowest BCUT2D eigenvalue weighted by molar-refractivity contribution is 0.0753. The van der Waals surface area contributed by atoms with Crippen molar-refractivity contribution in [3.8, 4) is 17.0 Å². The number of fused-ring (bicyclic) bond motifs is 1. The molecule has 0 spiro atoms. The summed E-state index contributed by atoms with van der Waals surface area (Å²) < 4.78 is 21.4. The molecule has 34 heavy (non-hydrogen) atoms. The first-order valence-electron chi connectivity index (χ1n) is 12.7. The van der Waals surface area contributed by atoms with Gasteiger partial charge in [0.05, 0.1) is 12.8 Å². The molecule has 4 heterocycles. The number of likely N-dealkylation sites (tertiary alicyclic amines) is 2. The molecular weight excluding hydrogens is 427 g/mol. The number of ether oxygens (including phenoxy) is 1. The molecule has 2 aliphatic heterocycles. The van der Waals surface area contributed by atoms with Gasteiger partial charge in [0.2, 0.25) is 0 Å². The highest BCUT2D eigenvalue weighted by Gasteiger charge is 2.29. The van der Waals surface area contributed by atoms with Crippen LogP contribution in [0.25, 0.3) is 16.9 Å². The fourth-order valence-electron chi connectivity index (χ4n) is 5.85. The lowest BCUT2D eigenvalue weighted by Gasteiger charge is -2.42. The van der Waals surface area contributed by atoms with E-state index in [1.165, 1.54) is 76.2 Å². The third-order valence-corrected chi connectivity index (χ3v) is 7.95. The molecule has 2 aromatic heterocycles. The van der Waals surface area contributed by atoms with Gasteiger partial charge < -0.3 is 18.9 Å². The van der Waals surface area contributed by atoms with Crippen LogP contribution in [-0.2, 0) is 0 Å². The van der Waals surface area contributed by atoms with Crippen molar-refractivity contribution in [1.82, 2.24) is 19.2 Å². The molecule has 5 rings (SSSR count). The van der Waals surface area contributed by atoms with E-state index in [2.05, 4.69) is 47.2 Å². The molecule has 182 valence electrons. The first-order chi connectivity index (χ1) is 16.4. The summed E-state index contributed by atoms with van der Waals surface area (Å²) in [5.74, 6) is 0.471. The molecule has 3 aromatic rings. The van der Waals surface area contributed by atoms with Crippen LogP contribution in [0.15, 0.2) is 36.7 Å². The minimum absolute atomic E-state index is 0.253. The fourth-order valence-corrected chi connectivity index (χ4v) is 5.85. The Morgan fingerprint density at radius 1 is 1.00 bits per heavy atom. The van der Waals surface area contributed by atoms with E-state index in [9.17, 15) is 4.39 Å². The first kappa shape index (κ1) is 23.3. The lowest BCUT2D eigenvalue weighted by Crippen LogP contribution is -2.48. The number of benzene rings is 1. The summed E-state index contributed by atoms with van der Waals surface area (Å²) in [6, 6.07) is 8.74. The van der Waals surface area contributed by atoms with Crippen LogP contribution in [-0.4, -0.2) is 64.6 Å². The molecule has 0 radical (unpaired) electrons. The van der Waals surface area contributed by atoms with Crippen molar-refractivity contribution in [3.05, 3.63) is 53.6 Å². The molecule has 1 aromatic carbocycles. The highest BCUT2D eigenvalue weighted by molar-refractivity contribution is 5.65. The van der Waals surface area contributed by atoms with E-state index in [0.717, 1.165) is 22.9 Å². The van der Waals surface area contributed by atoms with E-state index >= 15 is 0 Å². The van der Waals surface area contributed by atoms with Gasteiger partial charge >= 0.3 is 0 Å². The summed E-state index contributed by atoms with van der Waals surface area (Å²) in [4.78, 5) is 10.2. The van der Waals surface area contributed by atoms with Crippen LogP contribution in [0.1, 0.15) is 56.6 Å². The maximum Gasteiger partial charge on any atom is 0.165 e. The van der Waals surface area contributed by atoms with E-state index in [0.29, 0.717) is 12.0 Å². The normalized spacial score (nSPS) is 19.4. The Morgan fingerprint density at radius 2 is 1.74 bits per heavy atom. The number of piperidine rings is 2. The van der Waals surface area contributed by atoms with Crippen LogP contribution < -0.4 is 4.74 Å². The van der Waals surface area contributed by atoms with Crippen LogP contribution >= 0.6 is 0 Å². The van der Waals surface area contributed by atoms with Crippen molar-refractivity contribution in [2.24, 2.45) is 0 Å². The summed E-state index contributed by atoms with van der Waals surface area (Å²) in [5.41, 5.74) is 5.04. The molecule has 6 heteroatoms. The highest BCUT2D eigenvalue weighted by Crippen LogP contribution is 2.33. The first-order valence-corrected chi connectivity index (χ1v) is 12.7. The molecule has 2 fully saturated rings. The number of hydrogen-bond donors (Lipinski definition) is 0. The fraction of sp³-hybridized carbons (Fsp3) is 0.536. The Bertz CT molecular complexity index is 1140. The molecule has 5 nitrogen and oxygen atoms in total. The highest BCUT2D eigenvalue weighted by atomic mass is 19.1. The second-order valence-corrected chi connectivity index (χ2v) is 10.3. The minimum Gasteiger partial charge on any atom is -0.494 e. The molecule has 0 saturated carbocycles. The predicted octanol–water partition coefficient (Wildman–Crippen LogP) is 5.51. The summed E-state index contributed by atoms with van der Waals surface area (Å²) in [6.45, 7) is 11.6. The van der Waals surface area contributed by atoms with Crippen LogP contribution in [0.3, 0.4) is 0 Å². The number of aryl methyl sites for hydroxylation is 1. The van der Waals surface area contributed by atoms with Gasteiger partial charge in [-0.1, -0.05) is 6.07 Å². The van der Waals surface area contributed by atoms with Crippen molar-refractivity contribution in [3.63, 3.8) is 0 Å². The smallest absolute Gasteiger partial charge is 0.165 e. The monoisotopic (exact) mass is 464 g/mol. The van der Waals surface area contributed by atoms with E-state index in [1.54, 1.807) is 6.07 Å². The van der Waals surface area contributed by atoms with Gasteiger partial charge in [-0.15, -0.1) is 0 Å². The molecular formula is C28H37FN4O. The number of pyridine rings is 1. The Kier molecular flexibility index (Phi) is 6.63. The maximum atomic E-state index is 14.2. The van der Waals surface area contributed by atoms with Crippen molar-refractivity contribution in [2.45, 2.75) is 64.5 Å². The zero-order chi connectivity index (χ0) is 23.8. The maximum absolute atomic E-state index is 14.2. The molecule has 0 unspecified atom stereocenters. The number of halogens is 1. The molecule has 2 saturated heterocycles. The van der Waals surface area contributed by atoms with Gasteiger partial charge in [0.25, 0.3) is 0 Å². The number of imidazole rings is 1. The largest absolute Gasteiger partial charge is 0.494 e. The quantitative estimate of drug-likeness (QED) is 0.499. The average Bonchev–Trinajstić information content (AvgIpc) is 3.29. The van der Waals surface area contributed by atoms with Gasteiger partial charge in [0.1, 0.15) is 5.65 Å². The van der Waals surface area contributed by atoms with E-state index in [4.69, 9.17) is 9.72 Å². The van der Waals surface area contributed by atoms with E-state index in [-0.39, 0.29) is 11.6 Å². The van der Waals surface area contributed by atoms with Gasteiger partial charge in [0.15, 0.2) is 11.6 Å². The van der Waals surface area contributed by atoms with Crippen molar-refractivity contribution in [1.29, 1.82) is 0 Å². The van der Waals surface area contributed by atoms with Crippen LogP contribution in [0.2, 0.25) is 0 Å². The Balaban J connectivity index is 1.28. The zero-order valence-corrected chi connectivity index (χ0v) is 20.9. The molecule has 0 atom stereocenters. The van der Waals surface area contributed by atoms with Crippen molar-refractivity contribution >= 4 is 5.65 Å². The number of hydrogen-bond acceptors (Lipinski definition) is 4.